The highest BCUT2D eigenvalue weighted by Crippen LogP contribution is 2.29. The zero-order valence-corrected chi connectivity index (χ0v) is 9.92. The van der Waals surface area contributed by atoms with Crippen molar-refractivity contribution in [3.05, 3.63) is 0 Å². The van der Waals surface area contributed by atoms with E-state index in [-0.39, 0.29) is 25.0 Å². The molecule has 88 valence electrons. The highest BCUT2D eigenvalue weighted by Gasteiger charge is 2.37. The van der Waals surface area contributed by atoms with Crippen LogP contribution in [0.5, 0.6) is 0 Å². The summed E-state index contributed by atoms with van der Waals surface area (Å²) in [6, 6.07) is 0. The average Bonchev–Trinajstić information content (AvgIpc) is 2.52. The summed E-state index contributed by atoms with van der Waals surface area (Å²) in [4.78, 5) is 0. The van der Waals surface area contributed by atoms with E-state index in [0.29, 0.717) is 12.2 Å². The predicted molar refractivity (Wildman–Crippen MR) is 63.4 cm³/mol. The largest absolute Gasteiger partial charge is 0.400 e. The Balaban J connectivity index is 0.000000873. The molecule has 0 spiro atoms. The second-order valence-corrected chi connectivity index (χ2v) is 4.30. The Morgan fingerprint density at radius 3 is 2.93 bits per heavy atom. The zero-order valence-electron chi connectivity index (χ0n) is 13.1. The average molecular weight is 230 g/mol. The summed E-state index contributed by atoms with van der Waals surface area (Å²) in [5.74, 6) is 0.418. The normalized spacial score (nSPS) is 47.1. The molecule has 0 aliphatic carbocycles. The Kier molecular flexibility index (Phi) is 4.50. The van der Waals surface area contributed by atoms with Crippen LogP contribution >= 0.6 is 11.6 Å². The van der Waals surface area contributed by atoms with Crippen molar-refractivity contribution in [2.75, 3.05) is 19.1 Å². The van der Waals surface area contributed by atoms with Crippen LogP contribution in [0.4, 0.5) is 0 Å². The summed E-state index contributed by atoms with van der Waals surface area (Å²) in [5, 5.41) is 13.3. The lowest BCUT2D eigenvalue weighted by molar-refractivity contribution is 0.0287. The van der Waals surface area contributed by atoms with Crippen LogP contribution in [0.1, 0.15) is 21.6 Å². The Bertz CT molecular complexity index is 228. The third-order valence-electron chi connectivity index (χ3n) is 2.44. The predicted octanol–water partition coefficient (Wildman–Crippen LogP) is 0.597. The number of hydrogen-bond donors (Lipinski definition) is 2. The number of rotatable bonds is 3. The maximum atomic E-state index is 9.83. The minimum atomic E-state index is -2.01. The lowest BCUT2D eigenvalue weighted by atomic mass is 9.95. The Hall–Kier alpha value is 0.230. The van der Waals surface area contributed by atoms with Crippen molar-refractivity contribution in [1.29, 1.82) is 3.68 Å². The first kappa shape index (κ1) is 8.39. The smallest absolute Gasteiger partial charge is 0.210 e. The third kappa shape index (κ3) is 3.77. The zero-order chi connectivity index (χ0) is 14.3. The molecule has 1 rings (SSSR count). The fourth-order valence-electron chi connectivity index (χ4n) is 1.64. The molecule has 0 amide bonds. The standard InChI is InChI=1S/C9H20O2S.CH4O/c1-6-8(4-5-12-3)9(10)7(2)11-6;1-2/h6-10H,4-5,12H2,1-3H3;2H,1H3/t6-,7+,8+,9?;/m1./s1/i1D,12TD;2T. The van der Waals surface area contributed by atoms with E-state index in [1.54, 1.807) is 13.2 Å². The monoisotopic (exact) mass is 230 g/mol. The third-order valence-corrected chi connectivity index (χ3v) is 3.09. The molecule has 0 aromatic heterocycles. The van der Waals surface area contributed by atoms with E-state index in [4.69, 9.17) is 9.79 Å². The van der Waals surface area contributed by atoms with Crippen LogP contribution in [0.3, 0.4) is 0 Å². The van der Waals surface area contributed by atoms with E-state index >= 15 is 0 Å². The van der Waals surface area contributed by atoms with Gasteiger partial charge in [-0.05, 0) is 32.3 Å². The molecule has 1 fully saturated rings. The van der Waals surface area contributed by atoms with Gasteiger partial charge >= 0.3 is 0 Å². The molecule has 5 atom stereocenters. The number of hydrogen-bond acceptors (Lipinski definition) is 3. The molecule has 3 nitrogen and oxygen atoms in total. The molecule has 14 heavy (non-hydrogen) atoms. The molecule has 1 aliphatic rings. The summed E-state index contributed by atoms with van der Waals surface area (Å²) >= 11 is -2.01. The fraction of sp³-hybridized carbons (Fsp3) is 1.00. The van der Waals surface area contributed by atoms with Crippen LogP contribution < -0.4 is 0 Å². The molecule has 0 aromatic rings. The van der Waals surface area contributed by atoms with Gasteiger partial charge in [-0.1, -0.05) is 0 Å². The van der Waals surface area contributed by atoms with Crippen LogP contribution in [-0.2, 0) is 4.74 Å². The van der Waals surface area contributed by atoms with Gasteiger partial charge in [0.15, 0.2) is 0 Å². The summed E-state index contributed by atoms with van der Waals surface area (Å²) in [6.07, 6.45) is 1.25. The topological polar surface area (TPSA) is 49.7 Å². The van der Waals surface area contributed by atoms with Gasteiger partial charge in [0, 0.05) is 14.4 Å². The van der Waals surface area contributed by atoms with Crippen molar-refractivity contribution in [3.8, 4) is 0 Å². The first-order valence-corrected chi connectivity index (χ1v) is 6.12. The van der Waals surface area contributed by atoms with E-state index in [2.05, 4.69) is 5.11 Å². The summed E-state index contributed by atoms with van der Waals surface area (Å²) in [6.45, 7) is 1.95. The summed E-state index contributed by atoms with van der Waals surface area (Å²) < 4.78 is 33.5. The van der Waals surface area contributed by atoms with Gasteiger partial charge in [-0.3, -0.25) is 11.6 Å². The fourth-order valence-corrected chi connectivity index (χ4v) is 2.14. The molecule has 0 aromatic carbocycles. The second kappa shape index (κ2) is 7.51. The Labute approximate surface area is 95.9 Å². The van der Waals surface area contributed by atoms with E-state index < -0.39 is 17.7 Å². The lowest BCUT2D eigenvalue weighted by Crippen LogP contribution is -2.25. The Morgan fingerprint density at radius 1 is 1.79 bits per heavy atom. The van der Waals surface area contributed by atoms with Crippen molar-refractivity contribution in [3.63, 3.8) is 0 Å². The second-order valence-electron chi connectivity index (χ2n) is 3.32. The van der Waals surface area contributed by atoms with E-state index in [1.807, 2.05) is 0 Å². The summed E-state index contributed by atoms with van der Waals surface area (Å²) in [5.41, 5.74) is 0. The van der Waals surface area contributed by atoms with E-state index in [0.717, 1.165) is 0 Å². The van der Waals surface area contributed by atoms with Gasteiger partial charge in [0.1, 0.15) is 0 Å². The molecular formula is C10H24O3S. The summed E-state index contributed by atoms with van der Waals surface area (Å²) in [7, 11) is 1.29. The van der Waals surface area contributed by atoms with Gasteiger partial charge in [0.25, 0.3) is 0 Å². The maximum Gasteiger partial charge on any atom is 0.210 e. The minimum Gasteiger partial charge on any atom is -0.400 e. The first-order chi connectivity index (χ1) is 8.26. The van der Waals surface area contributed by atoms with E-state index in [9.17, 15) is 5.11 Å². The van der Waals surface area contributed by atoms with Gasteiger partial charge in [-0.2, -0.15) is 0 Å². The highest BCUT2D eigenvalue weighted by molar-refractivity contribution is 7.98. The van der Waals surface area contributed by atoms with Crippen molar-refractivity contribution in [2.45, 2.75) is 38.6 Å². The molecule has 0 radical (unpaired) electrons. The molecule has 0 saturated carbocycles. The van der Waals surface area contributed by atoms with Crippen LogP contribution in [0.25, 0.3) is 0 Å². The van der Waals surface area contributed by atoms with Crippen molar-refractivity contribution in [1.82, 2.24) is 0 Å². The van der Waals surface area contributed by atoms with Gasteiger partial charge < -0.3 is 15.0 Å². The molecule has 2 N–H and O–H groups in total. The number of ether oxygens (including phenoxy) is 1. The molecular weight excluding hydrogens is 200 g/mol. The van der Waals surface area contributed by atoms with Crippen molar-refractivity contribution in [2.24, 2.45) is 5.92 Å². The Morgan fingerprint density at radius 2 is 2.43 bits per heavy atom. The SMILES string of the molecule is [2H]C[C@H]1O[C@@H](C)C(O)[C@H]1CCS([2H])([3H])C.[3H]OC. The molecule has 2 unspecified atom stereocenters. The molecule has 1 aliphatic heterocycles. The molecule has 4 heteroatoms. The number of aliphatic hydroxyl groups is 2. The molecule has 1 saturated heterocycles. The molecule has 0 bridgehead atoms. The molecule has 1 heterocycles. The van der Waals surface area contributed by atoms with Gasteiger partial charge in [0.2, 0.25) is 1.43 Å². The van der Waals surface area contributed by atoms with Crippen LogP contribution in [0, 0.1) is 5.92 Å². The van der Waals surface area contributed by atoms with Crippen molar-refractivity contribution < 1.29 is 16.3 Å². The quantitative estimate of drug-likeness (QED) is 0.746. The van der Waals surface area contributed by atoms with Crippen LogP contribution in [0.2, 0.25) is 0 Å². The van der Waals surface area contributed by atoms with Gasteiger partial charge in [-0.15, -0.1) is 0 Å². The van der Waals surface area contributed by atoms with Gasteiger partial charge in [-0.25, -0.2) is 0 Å². The van der Waals surface area contributed by atoms with Crippen LogP contribution in [0.15, 0.2) is 0 Å². The van der Waals surface area contributed by atoms with Gasteiger partial charge in [0.05, 0.1) is 20.6 Å². The lowest BCUT2D eigenvalue weighted by Gasteiger charge is -2.16. The van der Waals surface area contributed by atoms with E-state index in [1.165, 1.54) is 7.11 Å². The number of aliphatic hydroxyl groups excluding tert-OH is 2. The maximum absolute atomic E-state index is 9.83. The van der Waals surface area contributed by atoms with Crippen LogP contribution in [-0.4, -0.2) is 51.3 Å². The van der Waals surface area contributed by atoms with Crippen molar-refractivity contribution >= 4 is 11.6 Å². The highest BCUT2D eigenvalue weighted by atomic mass is 32.2. The first-order valence-electron chi connectivity index (χ1n) is 6.66. The minimum absolute atomic E-state index is 0.0694.